The molecule has 17 heavy (non-hydrogen) atoms. The predicted octanol–water partition coefficient (Wildman–Crippen LogP) is 2.64. The van der Waals surface area contributed by atoms with Crippen LogP contribution in [0.25, 0.3) is 5.69 Å². The van der Waals surface area contributed by atoms with Crippen LogP contribution in [0, 0.1) is 5.92 Å². The second-order valence-corrected chi connectivity index (χ2v) is 4.30. The monoisotopic (exact) mass is 228 g/mol. The molecule has 3 heteroatoms. The van der Waals surface area contributed by atoms with Crippen molar-refractivity contribution in [2.75, 3.05) is 0 Å². The number of rotatable bonds is 4. The summed E-state index contributed by atoms with van der Waals surface area (Å²) in [5.41, 5.74) is 1.99. The molecule has 1 heterocycles. The molecule has 1 aromatic heterocycles. The van der Waals surface area contributed by atoms with Crippen molar-refractivity contribution in [1.29, 1.82) is 0 Å². The summed E-state index contributed by atoms with van der Waals surface area (Å²) < 4.78 is 1.84. The van der Waals surface area contributed by atoms with Gasteiger partial charge >= 0.3 is 0 Å². The molecule has 0 aliphatic carbocycles. The maximum Gasteiger partial charge on any atom is 0.133 e. The molecule has 1 unspecified atom stereocenters. The lowest BCUT2D eigenvalue weighted by Gasteiger charge is -2.04. The smallest absolute Gasteiger partial charge is 0.133 e. The Morgan fingerprint density at radius 1 is 1.29 bits per heavy atom. The summed E-state index contributed by atoms with van der Waals surface area (Å²) in [6.07, 6.45) is 2.63. The molecule has 0 aliphatic heterocycles. The third-order valence-corrected chi connectivity index (χ3v) is 2.87. The molecule has 1 atom stereocenters. The Morgan fingerprint density at radius 2 is 2.00 bits per heavy atom. The summed E-state index contributed by atoms with van der Waals surface area (Å²) >= 11 is 0. The van der Waals surface area contributed by atoms with Gasteiger partial charge in [-0.05, 0) is 25.1 Å². The van der Waals surface area contributed by atoms with Crippen LogP contribution >= 0.6 is 0 Å². The van der Waals surface area contributed by atoms with Gasteiger partial charge in [0.2, 0.25) is 0 Å². The molecule has 0 radical (unpaired) electrons. The van der Waals surface area contributed by atoms with Crippen molar-refractivity contribution in [2.24, 2.45) is 5.92 Å². The summed E-state index contributed by atoms with van der Waals surface area (Å²) in [5.74, 6) is 0.244. The van der Waals surface area contributed by atoms with E-state index in [1.165, 1.54) is 0 Å². The molecule has 0 aliphatic rings. The van der Waals surface area contributed by atoms with E-state index < -0.39 is 0 Å². The van der Waals surface area contributed by atoms with Crippen molar-refractivity contribution >= 4 is 5.78 Å². The van der Waals surface area contributed by atoms with Crippen molar-refractivity contribution in [1.82, 2.24) is 9.78 Å². The molecule has 2 aromatic rings. The van der Waals surface area contributed by atoms with Gasteiger partial charge in [0, 0.05) is 18.5 Å². The lowest BCUT2D eigenvalue weighted by molar-refractivity contribution is -0.120. The van der Waals surface area contributed by atoms with Crippen molar-refractivity contribution < 1.29 is 4.79 Å². The zero-order valence-electron chi connectivity index (χ0n) is 10.1. The van der Waals surface area contributed by atoms with Crippen LogP contribution in [0.15, 0.2) is 42.6 Å². The van der Waals surface area contributed by atoms with Gasteiger partial charge in [0.15, 0.2) is 0 Å². The molecule has 0 N–H and O–H groups in total. The van der Waals surface area contributed by atoms with Crippen LogP contribution in [0.1, 0.15) is 19.5 Å². The summed E-state index contributed by atoms with van der Waals surface area (Å²) in [6.45, 7) is 3.56. The fourth-order valence-electron chi connectivity index (χ4n) is 1.65. The van der Waals surface area contributed by atoms with E-state index in [4.69, 9.17) is 0 Å². The van der Waals surface area contributed by atoms with E-state index in [0.29, 0.717) is 6.42 Å². The first-order valence-corrected chi connectivity index (χ1v) is 5.77. The summed E-state index contributed by atoms with van der Waals surface area (Å²) in [5, 5.41) is 4.47. The Kier molecular flexibility index (Phi) is 3.38. The Bertz CT molecular complexity index is 502. The van der Waals surface area contributed by atoms with Crippen LogP contribution in [-0.4, -0.2) is 15.6 Å². The minimum Gasteiger partial charge on any atom is -0.300 e. The number of carbonyl (C=O) groups is 1. The second kappa shape index (κ2) is 4.95. The normalized spacial score (nSPS) is 12.4. The van der Waals surface area contributed by atoms with Gasteiger partial charge in [0.1, 0.15) is 5.78 Å². The standard InChI is InChI=1S/C14H16N2O/c1-11(12(2)17)10-13-8-9-16(15-13)14-6-4-3-5-7-14/h3-9,11H,10H2,1-2H3. The van der Waals surface area contributed by atoms with E-state index in [0.717, 1.165) is 11.4 Å². The van der Waals surface area contributed by atoms with Gasteiger partial charge in [-0.15, -0.1) is 0 Å². The number of ketones is 1. The van der Waals surface area contributed by atoms with Crippen LogP contribution < -0.4 is 0 Å². The van der Waals surface area contributed by atoms with Crippen LogP contribution in [0.2, 0.25) is 0 Å². The third kappa shape index (κ3) is 2.81. The van der Waals surface area contributed by atoms with E-state index >= 15 is 0 Å². The molecule has 0 saturated heterocycles. The van der Waals surface area contributed by atoms with Crippen molar-refractivity contribution in [3.05, 3.63) is 48.3 Å². The van der Waals surface area contributed by atoms with Crippen LogP contribution in [0.3, 0.4) is 0 Å². The molecular weight excluding hydrogens is 212 g/mol. The fraction of sp³-hybridized carbons (Fsp3) is 0.286. The van der Waals surface area contributed by atoms with E-state index in [2.05, 4.69) is 5.10 Å². The van der Waals surface area contributed by atoms with Gasteiger partial charge in [-0.2, -0.15) is 5.10 Å². The van der Waals surface area contributed by atoms with E-state index in [9.17, 15) is 4.79 Å². The molecule has 0 spiro atoms. The van der Waals surface area contributed by atoms with Gasteiger partial charge in [-0.25, -0.2) is 4.68 Å². The van der Waals surface area contributed by atoms with E-state index in [-0.39, 0.29) is 11.7 Å². The molecule has 0 bridgehead atoms. The van der Waals surface area contributed by atoms with Gasteiger partial charge < -0.3 is 0 Å². The Labute approximate surface area is 101 Å². The number of nitrogens with zero attached hydrogens (tertiary/aromatic N) is 2. The fourth-order valence-corrected chi connectivity index (χ4v) is 1.65. The summed E-state index contributed by atoms with van der Waals surface area (Å²) in [6, 6.07) is 11.9. The van der Waals surface area contributed by atoms with Crippen LogP contribution in [0.5, 0.6) is 0 Å². The molecule has 88 valence electrons. The SMILES string of the molecule is CC(=O)C(C)Cc1ccn(-c2ccccc2)n1. The maximum atomic E-state index is 11.2. The molecule has 1 aromatic carbocycles. The number of aromatic nitrogens is 2. The Balaban J connectivity index is 2.14. The third-order valence-electron chi connectivity index (χ3n) is 2.87. The highest BCUT2D eigenvalue weighted by Gasteiger charge is 2.10. The van der Waals surface area contributed by atoms with Gasteiger partial charge in [0.05, 0.1) is 11.4 Å². The van der Waals surface area contributed by atoms with Gasteiger partial charge in [-0.3, -0.25) is 4.79 Å². The van der Waals surface area contributed by atoms with Gasteiger partial charge in [0.25, 0.3) is 0 Å². The molecular formula is C14H16N2O. The lowest BCUT2D eigenvalue weighted by atomic mass is 10.0. The predicted molar refractivity (Wildman–Crippen MR) is 67.1 cm³/mol. The zero-order valence-corrected chi connectivity index (χ0v) is 10.1. The zero-order chi connectivity index (χ0) is 12.3. The van der Waals surface area contributed by atoms with Gasteiger partial charge in [-0.1, -0.05) is 25.1 Å². The summed E-state index contributed by atoms with van der Waals surface area (Å²) in [7, 11) is 0. The minimum absolute atomic E-state index is 0.0362. The first-order chi connectivity index (χ1) is 8.16. The second-order valence-electron chi connectivity index (χ2n) is 4.30. The number of carbonyl (C=O) groups excluding carboxylic acids is 1. The molecule has 0 fully saturated rings. The highest BCUT2D eigenvalue weighted by atomic mass is 16.1. The maximum absolute atomic E-state index is 11.2. The van der Waals surface area contributed by atoms with E-state index in [1.54, 1.807) is 6.92 Å². The van der Waals surface area contributed by atoms with E-state index in [1.807, 2.05) is 54.2 Å². The highest BCUT2D eigenvalue weighted by molar-refractivity contribution is 5.78. The number of Topliss-reactive ketones (excluding diaryl/α,β-unsaturated/α-hetero) is 1. The van der Waals surface area contributed by atoms with Crippen LogP contribution in [-0.2, 0) is 11.2 Å². The number of hydrogen-bond acceptors (Lipinski definition) is 2. The average Bonchev–Trinajstić information content (AvgIpc) is 2.78. The quantitative estimate of drug-likeness (QED) is 0.806. The number of benzene rings is 1. The number of para-hydroxylation sites is 1. The molecule has 3 nitrogen and oxygen atoms in total. The highest BCUT2D eigenvalue weighted by Crippen LogP contribution is 2.10. The Morgan fingerprint density at radius 3 is 2.65 bits per heavy atom. The first kappa shape index (κ1) is 11.6. The topological polar surface area (TPSA) is 34.9 Å². The average molecular weight is 228 g/mol. The molecule has 2 rings (SSSR count). The Hall–Kier alpha value is -1.90. The van der Waals surface area contributed by atoms with Crippen molar-refractivity contribution in [2.45, 2.75) is 20.3 Å². The largest absolute Gasteiger partial charge is 0.300 e. The summed E-state index contributed by atoms with van der Waals surface area (Å²) in [4.78, 5) is 11.2. The number of hydrogen-bond donors (Lipinski definition) is 0. The minimum atomic E-state index is 0.0362. The first-order valence-electron chi connectivity index (χ1n) is 5.77. The van der Waals surface area contributed by atoms with Crippen molar-refractivity contribution in [3.63, 3.8) is 0 Å². The lowest BCUT2D eigenvalue weighted by Crippen LogP contribution is -2.10. The molecule has 0 amide bonds. The molecule has 0 saturated carbocycles. The van der Waals surface area contributed by atoms with Crippen LogP contribution in [0.4, 0.5) is 0 Å². The van der Waals surface area contributed by atoms with Crippen molar-refractivity contribution in [3.8, 4) is 5.69 Å².